The van der Waals surface area contributed by atoms with E-state index in [1.165, 1.54) is 4.90 Å². The number of aryl methyl sites for hydroxylation is 2. The Morgan fingerprint density at radius 3 is 2.41 bits per heavy atom. The van der Waals surface area contributed by atoms with Crippen LogP contribution < -0.4 is 0 Å². The van der Waals surface area contributed by atoms with Crippen LogP contribution in [0.2, 0.25) is 0 Å². The number of benzene rings is 1. The lowest BCUT2D eigenvalue weighted by molar-refractivity contribution is -0.134. The molecule has 1 aromatic carbocycles. The second-order valence-electron chi connectivity index (χ2n) is 7.59. The quantitative estimate of drug-likeness (QED) is 0.695. The van der Waals surface area contributed by atoms with Crippen molar-refractivity contribution in [2.75, 3.05) is 25.2 Å². The summed E-state index contributed by atoms with van der Waals surface area (Å²) in [5, 5.41) is 0. The smallest absolute Gasteiger partial charge is 0.340 e. The van der Waals surface area contributed by atoms with E-state index < -0.39 is 28.3 Å². The van der Waals surface area contributed by atoms with Gasteiger partial charge in [-0.3, -0.25) is 4.79 Å². The monoisotopic (exact) mass is 418 g/mol. The maximum absolute atomic E-state index is 12.6. The van der Waals surface area contributed by atoms with Crippen LogP contribution in [0, 0.1) is 20.8 Å². The van der Waals surface area contributed by atoms with Crippen molar-refractivity contribution in [3.63, 3.8) is 0 Å². The van der Waals surface area contributed by atoms with Gasteiger partial charge >= 0.3 is 5.97 Å². The van der Waals surface area contributed by atoms with Gasteiger partial charge in [0.05, 0.1) is 17.1 Å². The SMILES string of the molecule is Cc1ccc(-n2c(C)cc(C(=O)OCC(=O)N(C)[C@H]3CCS(=O)(=O)C3)c2C)cc1. The van der Waals surface area contributed by atoms with Gasteiger partial charge in [0.1, 0.15) is 0 Å². The molecule has 0 radical (unpaired) electrons. The Bertz CT molecular complexity index is 1040. The maximum Gasteiger partial charge on any atom is 0.340 e. The van der Waals surface area contributed by atoms with Gasteiger partial charge < -0.3 is 14.2 Å². The third-order valence-corrected chi connectivity index (χ3v) is 7.17. The van der Waals surface area contributed by atoms with Crippen molar-refractivity contribution in [3.05, 3.63) is 52.8 Å². The fourth-order valence-electron chi connectivity index (χ4n) is 3.65. The third-order valence-electron chi connectivity index (χ3n) is 5.42. The first-order valence-electron chi connectivity index (χ1n) is 9.48. The normalized spacial score (nSPS) is 17.9. The molecular weight excluding hydrogens is 392 g/mol. The number of amides is 1. The van der Waals surface area contributed by atoms with Crippen LogP contribution in [-0.2, 0) is 19.4 Å². The van der Waals surface area contributed by atoms with E-state index in [0.29, 0.717) is 12.0 Å². The number of carbonyl (C=O) groups excluding carboxylic acids is 2. The van der Waals surface area contributed by atoms with Crippen molar-refractivity contribution >= 4 is 21.7 Å². The highest BCUT2D eigenvalue weighted by molar-refractivity contribution is 7.91. The van der Waals surface area contributed by atoms with Crippen molar-refractivity contribution in [3.8, 4) is 5.69 Å². The summed E-state index contributed by atoms with van der Waals surface area (Å²) in [6.07, 6.45) is 0.413. The molecule has 0 bridgehead atoms. The number of sulfone groups is 1. The number of carbonyl (C=O) groups is 2. The first kappa shape index (κ1) is 21.1. The molecule has 2 aromatic rings. The fraction of sp³-hybridized carbons (Fsp3) is 0.429. The summed E-state index contributed by atoms with van der Waals surface area (Å²) in [4.78, 5) is 26.3. The molecule has 29 heavy (non-hydrogen) atoms. The van der Waals surface area contributed by atoms with Crippen LogP contribution in [-0.4, -0.2) is 61.0 Å². The molecule has 2 heterocycles. The minimum Gasteiger partial charge on any atom is -0.452 e. The molecule has 1 amide bonds. The van der Waals surface area contributed by atoms with E-state index in [0.717, 1.165) is 22.6 Å². The minimum atomic E-state index is -3.09. The summed E-state index contributed by atoms with van der Waals surface area (Å²) in [5.41, 5.74) is 4.12. The number of ether oxygens (including phenoxy) is 1. The van der Waals surface area contributed by atoms with Crippen molar-refractivity contribution in [2.24, 2.45) is 0 Å². The Balaban J connectivity index is 1.67. The summed E-state index contributed by atoms with van der Waals surface area (Å²) in [6.45, 7) is 5.33. The van der Waals surface area contributed by atoms with E-state index in [-0.39, 0.29) is 17.5 Å². The van der Waals surface area contributed by atoms with Crippen molar-refractivity contribution in [1.29, 1.82) is 0 Å². The Morgan fingerprint density at radius 2 is 1.83 bits per heavy atom. The molecule has 1 aliphatic heterocycles. The summed E-state index contributed by atoms with van der Waals surface area (Å²) in [7, 11) is -1.54. The lowest BCUT2D eigenvalue weighted by Crippen LogP contribution is -2.40. The lowest BCUT2D eigenvalue weighted by atomic mass is 10.2. The molecule has 1 fully saturated rings. The topological polar surface area (TPSA) is 85.7 Å². The molecule has 1 saturated heterocycles. The highest BCUT2D eigenvalue weighted by atomic mass is 32.2. The predicted octanol–water partition coefficient (Wildman–Crippen LogP) is 2.20. The number of esters is 1. The van der Waals surface area contributed by atoms with Gasteiger partial charge in [-0.15, -0.1) is 0 Å². The number of aromatic nitrogens is 1. The van der Waals surface area contributed by atoms with Gasteiger partial charge in [0.25, 0.3) is 5.91 Å². The van der Waals surface area contributed by atoms with Crippen LogP contribution in [0.25, 0.3) is 5.69 Å². The van der Waals surface area contributed by atoms with Crippen LogP contribution in [0.4, 0.5) is 0 Å². The number of hydrogen-bond donors (Lipinski definition) is 0. The van der Waals surface area contributed by atoms with E-state index in [1.54, 1.807) is 13.1 Å². The predicted molar refractivity (Wildman–Crippen MR) is 110 cm³/mol. The van der Waals surface area contributed by atoms with Gasteiger partial charge in [0, 0.05) is 30.2 Å². The van der Waals surface area contributed by atoms with Gasteiger partial charge in [-0.1, -0.05) is 17.7 Å². The summed E-state index contributed by atoms with van der Waals surface area (Å²) >= 11 is 0. The Kier molecular flexibility index (Phi) is 5.84. The van der Waals surface area contributed by atoms with E-state index in [2.05, 4.69) is 0 Å². The Hall–Kier alpha value is -2.61. The molecule has 0 saturated carbocycles. The average molecular weight is 419 g/mol. The van der Waals surface area contributed by atoms with Gasteiger partial charge in [-0.25, -0.2) is 13.2 Å². The molecule has 7 nitrogen and oxygen atoms in total. The maximum atomic E-state index is 12.6. The van der Waals surface area contributed by atoms with E-state index >= 15 is 0 Å². The van der Waals surface area contributed by atoms with Gasteiger partial charge in [-0.2, -0.15) is 0 Å². The Labute approximate surface area is 171 Å². The molecule has 1 aromatic heterocycles. The van der Waals surface area contributed by atoms with E-state index in [4.69, 9.17) is 4.74 Å². The molecule has 0 N–H and O–H groups in total. The summed E-state index contributed by atoms with van der Waals surface area (Å²) in [6, 6.07) is 9.36. The largest absolute Gasteiger partial charge is 0.452 e. The van der Waals surface area contributed by atoms with Crippen LogP contribution in [0.5, 0.6) is 0 Å². The standard InChI is InChI=1S/C21H26N2O5S/c1-14-5-7-17(8-6-14)23-15(2)11-19(16(23)3)21(25)28-12-20(24)22(4)18-9-10-29(26,27)13-18/h5-8,11,18H,9-10,12-13H2,1-4H3/t18-/m0/s1. The second-order valence-corrected chi connectivity index (χ2v) is 9.82. The first-order valence-corrected chi connectivity index (χ1v) is 11.3. The highest BCUT2D eigenvalue weighted by Crippen LogP contribution is 2.22. The third kappa shape index (κ3) is 4.53. The van der Waals surface area contributed by atoms with Crippen LogP contribution in [0.1, 0.15) is 33.7 Å². The van der Waals surface area contributed by atoms with E-state index in [9.17, 15) is 18.0 Å². The zero-order chi connectivity index (χ0) is 21.3. The van der Waals surface area contributed by atoms with E-state index in [1.807, 2.05) is 49.6 Å². The summed E-state index contributed by atoms with van der Waals surface area (Å²) < 4.78 is 30.4. The van der Waals surface area contributed by atoms with Crippen LogP contribution >= 0.6 is 0 Å². The molecule has 0 spiro atoms. The number of rotatable bonds is 5. The molecule has 3 rings (SSSR count). The zero-order valence-corrected chi connectivity index (χ0v) is 18.0. The molecule has 8 heteroatoms. The van der Waals surface area contributed by atoms with Gasteiger partial charge in [0.15, 0.2) is 16.4 Å². The molecule has 0 unspecified atom stereocenters. The molecule has 156 valence electrons. The molecular formula is C21H26N2O5S. The van der Waals surface area contributed by atoms with Crippen molar-refractivity contribution in [2.45, 2.75) is 33.2 Å². The summed E-state index contributed by atoms with van der Waals surface area (Å²) in [5.74, 6) is -0.939. The molecule has 1 aliphatic rings. The second kappa shape index (κ2) is 8.02. The Morgan fingerprint density at radius 1 is 1.17 bits per heavy atom. The number of likely N-dealkylation sites (N-methyl/N-ethyl adjacent to an activating group) is 1. The highest BCUT2D eigenvalue weighted by Gasteiger charge is 2.33. The average Bonchev–Trinajstić information content (AvgIpc) is 3.18. The first-order chi connectivity index (χ1) is 13.6. The number of hydrogen-bond acceptors (Lipinski definition) is 5. The van der Waals surface area contributed by atoms with Gasteiger partial charge in [-0.05, 0) is 45.4 Å². The number of nitrogens with zero attached hydrogens (tertiary/aromatic N) is 2. The van der Waals surface area contributed by atoms with Crippen molar-refractivity contribution < 1.29 is 22.7 Å². The van der Waals surface area contributed by atoms with Crippen LogP contribution in [0.15, 0.2) is 30.3 Å². The van der Waals surface area contributed by atoms with Gasteiger partial charge in [0.2, 0.25) is 0 Å². The zero-order valence-electron chi connectivity index (χ0n) is 17.1. The lowest BCUT2D eigenvalue weighted by Gasteiger charge is -2.23. The minimum absolute atomic E-state index is 0.0408. The molecule has 0 aliphatic carbocycles. The van der Waals surface area contributed by atoms with Crippen LogP contribution in [0.3, 0.4) is 0 Å². The molecule has 1 atom stereocenters. The fourth-order valence-corrected chi connectivity index (χ4v) is 5.43. The van der Waals surface area contributed by atoms with Crippen molar-refractivity contribution in [1.82, 2.24) is 9.47 Å².